The molecule has 0 aliphatic carbocycles. The number of rotatable bonds is 4. The van der Waals surface area contributed by atoms with Crippen molar-refractivity contribution in [2.24, 2.45) is 0 Å². The minimum Gasteiger partial charge on any atom is -0.316 e. The number of benzene rings is 2. The zero-order valence-electron chi connectivity index (χ0n) is 10.2. The highest BCUT2D eigenvalue weighted by Crippen LogP contribution is 2.34. The maximum Gasteiger partial charge on any atom is 0.159 e. The third-order valence-electron chi connectivity index (χ3n) is 2.55. The molecule has 0 aliphatic heterocycles. The van der Waals surface area contributed by atoms with Crippen LogP contribution in [0.2, 0.25) is 5.02 Å². The van der Waals surface area contributed by atoms with Crippen LogP contribution in [0.15, 0.2) is 46.2 Å². The molecule has 2 aromatic carbocycles. The van der Waals surface area contributed by atoms with E-state index in [-0.39, 0.29) is 0 Å². The fourth-order valence-corrected chi connectivity index (χ4v) is 2.95. The average molecular weight is 300 g/mol. The summed E-state index contributed by atoms with van der Waals surface area (Å²) >= 11 is 7.50. The molecule has 0 atom stereocenters. The average Bonchev–Trinajstić information content (AvgIpc) is 2.38. The largest absolute Gasteiger partial charge is 0.316 e. The Kier molecular flexibility index (Phi) is 4.80. The van der Waals surface area contributed by atoms with E-state index in [0.29, 0.717) is 16.5 Å². The molecule has 100 valence electrons. The summed E-state index contributed by atoms with van der Waals surface area (Å²) in [5, 5.41) is 3.69. The van der Waals surface area contributed by atoms with Crippen molar-refractivity contribution in [1.29, 1.82) is 0 Å². The molecule has 2 aromatic rings. The van der Waals surface area contributed by atoms with Gasteiger partial charge >= 0.3 is 0 Å². The number of hydrogen-bond acceptors (Lipinski definition) is 2. The van der Waals surface area contributed by atoms with Crippen molar-refractivity contribution in [3.8, 4) is 0 Å². The Morgan fingerprint density at radius 1 is 1.16 bits per heavy atom. The van der Waals surface area contributed by atoms with E-state index >= 15 is 0 Å². The molecule has 0 aromatic heterocycles. The van der Waals surface area contributed by atoms with Gasteiger partial charge in [0, 0.05) is 21.4 Å². The zero-order chi connectivity index (χ0) is 13.8. The second kappa shape index (κ2) is 6.37. The van der Waals surface area contributed by atoms with Gasteiger partial charge in [-0.05, 0) is 42.9 Å². The van der Waals surface area contributed by atoms with Crippen molar-refractivity contribution in [1.82, 2.24) is 5.32 Å². The lowest BCUT2D eigenvalue weighted by Crippen LogP contribution is -2.06. The van der Waals surface area contributed by atoms with Crippen LogP contribution in [0.5, 0.6) is 0 Å². The number of halogens is 3. The first kappa shape index (κ1) is 14.3. The molecule has 1 N–H and O–H groups in total. The van der Waals surface area contributed by atoms with Gasteiger partial charge in [0.15, 0.2) is 11.6 Å². The minimum atomic E-state index is -0.845. The quantitative estimate of drug-likeness (QED) is 0.893. The maximum absolute atomic E-state index is 13.2. The highest BCUT2D eigenvalue weighted by atomic mass is 35.5. The van der Waals surface area contributed by atoms with Gasteiger partial charge in [-0.15, -0.1) is 0 Å². The van der Waals surface area contributed by atoms with E-state index < -0.39 is 11.6 Å². The third-order valence-corrected chi connectivity index (χ3v) is 3.99. The number of hydrogen-bond donors (Lipinski definition) is 1. The Morgan fingerprint density at radius 2 is 1.95 bits per heavy atom. The monoisotopic (exact) mass is 299 g/mol. The van der Waals surface area contributed by atoms with Crippen LogP contribution >= 0.6 is 23.4 Å². The molecule has 1 nitrogen and oxygen atoms in total. The Balaban J connectivity index is 2.32. The highest BCUT2D eigenvalue weighted by molar-refractivity contribution is 7.99. The summed E-state index contributed by atoms with van der Waals surface area (Å²) < 4.78 is 26.1. The van der Waals surface area contributed by atoms with Gasteiger partial charge in [-0.25, -0.2) is 8.78 Å². The van der Waals surface area contributed by atoms with Gasteiger partial charge in [-0.3, -0.25) is 0 Å². The van der Waals surface area contributed by atoms with Crippen LogP contribution < -0.4 is 5.32 Å². The van der Waals surface area contributed by atoms with Crippen LogP contribution in [0, 0.1) is 11.6 Å². The van der Waals surface area contributed by atoms with Crippen molar-refractivity contribution >= 4 is 23.4 Å². The van der Waals surface area contributed by atoms with Crippen molar-refractivity contribution in [3.05, 3.63) is 58.6 Å². The Morgan fingerprint density at radius 3 is 2.63 bits per heavy atom. The summed E-state index contributed by atoms with van der Waals surface area (Å²) in [6.45, 7) is 0.617. The first-order valence-electron chi connectivity index (χ1n) is 5.66. The first-order chi connectivity index (χ1) is 9.11. The summed E-state index contributed by atoms with van der Waals surface area (Å²) in [4.78, 5) is 1.56. The fraction of sp³-hybridized carbons (Fsp3) is 0.143. The lowest BCUT2D eigenvalue weighted by molar-refractivity contribution is 0.506. The Bertz CT molecular complexity index is 590. The highest BCUT2D eigenvalue weighted by Gasteiger charge is 2.09. The van der Waals surface area contributed by atoms with Crippen LogP contribution in [0.25, 0.3) is 0 Å². The lowest BCUT2D eigenvalue weighted by atomic mass is 10.2. The molecule has 0 aliphatic rings. The van der Waals surface area contributed by atoms with Gasteiger partial charge in [-0.1, -0.05) is 29.4 Å². The van der Waals surface area contributed by atoms with Gasteiger partial charge in [0.25, 0.3) is 0 Å². The first-order valence-corrected chi connectivity index (χ1v) is 6.86. The summed E-state index contributed by atoms with van der Waals surface area (Å²) in [5.41, 5.74) is 0.946. The molecule has 2 rings (SSSR count). The molecule has 0 fully saturated rings. The molecule has 0 unspecified atom stereocenters. The minimum absolute atomic E-state index is 0.617. The molecular weight excluding hydrogens is 288 g/mol. The standard InChI is InChI=1S/C14H12ClF2NS/c1-18-8-10-11(15)3-2-4-14(10)19-9-5-6-12(16)13(17)7-9/h2-7,18H,8H2,1H3. The van der Waals surface area contributed by atoms with E-state index in [1.165, 1.54) is 17.8 Å². The van der Waals surface area contributed by atoms with Crippen LogP contribution in [-0.2, 0) is 6.54 Å². The molecule has 0 spiro atoms. The molecule has 19 heavy (non-hydrogen) atoms. The van der Waals surface area contributed by atoms with Crippen molar-refractivity contribution in [2.45, 2.75) is 16.3 Å². The van der Waals surface area contributed by atoms with E-state index in [9.17, 15) is 8.78 Å². The van der Waals surface area contributed by atoms with Crippen molar-refractivity contribution < 1.29 is 8.78 Å². The zero-order valence-corrected chi connectivity index (χ0v) is 11.8. The summed E-state index contributed by atoms with van der Waals surface area (Å²) in [7, 11) is 1.83. The smallest absolute Gasteiger partial charge is 0.159 e. The van der Waals surface area contributed by atoms with Gasteiger partial charge in [0.2, 0.25) is 0 Å². The molecule has 0 radical (unpaired) electrons. The van der Waals surface area contributed by atoms with E-state index in [1.807, 2.05) is 25.2 Å². The predicted molar refractivity (Wildman–Crippen MR) is 74.7 cm³/mol. The van der Waals surface area contributed by atoms with Crippen LogP contribution in [-0.4, -0.2) is 7.05 Å². The second-order valence-corrected chi connectivity index (χ2v) is 5.45. The van der Waals surface area contributed by atoms with Crippen molar-refractivity contribution in [2.75, 3.05) is 7.05 Å². The molecule has 0 saturated carbocycles. The van der Waals surface area contributed by atoms with Gasteiger partial charge in [0.05, 0.1) is 0 Å². The Hall–Kier alpha value is -1.10. The van der Waals surface area contributed by atoms with E-state index in [1.54, 1.807) is 6.07 Å². The third kappa shape index (κ3) is 3.47. The molecule has 0 saturated heterocycles. The van der Waals surface area contributed by atoms with Gasteiger partial charge in [0.1, 0.15) is 0 Å². The van der Waals surface area contributed by atoms with E-state index in [4.69, 9.17) is 11.6 Å². The number of nitrogens with one attached hydrogen (secondary N) is 1. The lowest BCUT2D eigenvalue weighted by Gasteiger charge is -2.10. The summed E-state index contributed by atoms with van der Waals surface area (Å²) in [5.74, 6) is -1.69. The van der Waals surface area contributed by atoms with Gasteiger partial charge < -0.3 is 5.32 Å². The van der Waals surface area contributed by atoms with Crippen molar-refractivity contribution in [3.63, 3.8) is 0 Å². The van der Waals surface area contributed by atoms with Crippen LogP contribution in [0.1, 0.15) is 5.56 Å². The topological polar surface area (TPSA) is 12.0 Å². The van der Waals surface area contributed by atoms with E-state index in [2.05, 4.69) is 5.32 Å². The molecular formula is C14H12ClF2NS. The molecule has 0 amide bonds. The molecule has 0 heterocycles. The predicted octanol–water partition coefficient (Wildman–Crippen LogP) is 4.49. The Labute approximate surface area is 120 Å². The SMILES string of the molecule is CNCc1c(Cl)cccc1Sc1ccc(F)c(F)c1. The maximum atomic E-state index is 13.2. The molecule has 0 bridgehead atoms. The van der Waals surface area contributed by atoms with Crippen LogP contribution in [0.3, 0.4) is 0 Å². The summed E-state index contributed by atoms with van der Waals surface area (Å²) in [6, 6.07) is 9.41. The van der Waals surface area contributed by atoms with Crippen LogP contribution in [0.4, 0.5) is 8.78 Å². The second-order valence-electron chi connectivity index (χ2n) is 3.92. The molecule has 5 heteroatoms. The summed E-state index contributed by atoms with van der Waals surface area (Å²) in [6.07, 6.45) is 0. The fourth-order valence-electron chi connectivity index (χ4n) is 1.65. The van der Waals surface area contributed by atoms with Gasteiger partial charge in [-0.2, -0.15) is 0 Å². The normalized spacial score (nSPS) is 10.7. The van der Waals surface area contributed by atoms with E-state index in [0.717, 1.165) is 16.5 Å².